The van der Waals surface area contributed by atoms with Gasteiger partial charge in [-0.2, -0.15) is 0 Å². The highest BCUT2D eigenvalue weighted by Crippen LogP contribution is 2.42. The molecule has 1 N–H and O–H groups in total. The summed E-state index contributed by atoms with van der Waals surface area (Å²) in [6.45, 7) is 3.89. The number of aromatic nitrogens is 1. The normalized spacial score (nSPS) is 10.4. The van der Waals surface area contributed by atoms with Gasteiger partial charge in [-0.05, 0) is 70.7 Å². The number of amides is 1. The predicted molar refractivity (Wildman–Crippen MR) is 145 cm³/mol. The second-order valence-electron chi connectivity index (χ2n) is 7.75. The standard InChI is InChI=1S/C18H14BrFN2O2S.C9H12O2/c1-2-10-6-13(15(24)8-21-9-23)22-14(7-10)16-11-4-3-5-12(20)17(11)25-18(16)19;1-7-4-5-8(10-2)9(6-7)11-3/h3-7,9H,2,8H2,1H3,(H,21,23);4-6H,1-3H3. The van der Waals surface area contributed by atoms with Crippen molar-refractivity contribution < 1.29 is 23.5 Å². The molecule has 0 spiro atoms. The number of aryl methyl sites for hydroxylation is 2. The summed E-state index contributed by atoms with van der Waals surface area (Å²) in [5.74, 6) is 1.00. The molecule has 1 amide bonds. The predicted octanol–water partition coefficient (Wildman–Crippen LogP) is 6.37. The monoisotopic (exact) mass is 572 g/mol. The number of thiophene rings is 1. The molecule has 2 aromatic heterocycles. The number of rotatable bonds is 8. The highest BCUT2D eigenvalue weighted by molar-refractivity contribution is 9.11. The van der Waals surface area contributed by atoms with E-state index in [0.717, 1.165) is 38.2 Å². The zero-order chi connectivity index (χ0) is 26.2. The number of pyridine rings is 1. The highest BCUT2D eigenvalue weighted by atomic mass is 79.9. The third-order valence-electron chi connectivity index (χ3n) is 5.34. The van der Waals surface area contributed by atoms with E-state index in [4.69, 9.17) is 9.47 Å². The number of Topliss-reactive ketones (excluding diaryl/α,β-unsaturated/α-hetero) is 1. The van der Waals surface area contributed by atoms with Gasteiger partial charge in [0.1, 0.15) is 11.5 Å². The Morgan fingerprint density at radius 2 is 1.89 bits per heavy atom. The van der Waals surface area contributed by atoms with E-state index >= 15 is 0 Å². The molecule has 6 nitrogen and oxygen atoms in total. The van der Waals surface area contributed by atoms with Crippen molar-refractivity contribution in [2.45, 2.75) is 20.3 Å². The van der Waals surface area contributed by atoms with Crippen molar-refractivity contribution in [3.8, 4) is 22.8 Å². The third-order valence-corrected chi connectivity index (χ3v) is 7.23. The molecule has 0 aliphatic heterocycles. The van der Waals surface area contributed by atoms with E-state index in [0.29, 0.717) is 16.8 Å². The molecule has 2 aromatic carbocycles. The minimum Gasteiger partial charge on any atom is -0.493 e. The molecule has 0 saturated heterocycles. The fourth-order valence-electron chi connectivity index (χ4n) is 3.53. The maximum absolute atomic E-state index is 14.1. The summed E-state index contributed by atoms with van der Waals surface area (Å²) >= 11 is 4.80. The lowest BCUT2D eigenvalue weighted by Gasteiger charge is -2.08. The lowest BCUT2D eigenvalue weighted by atomic mass is 10.0. The molecule has 0 saturated carbocycles. The number of carbonyl (C=O) groups excluding carboxylic acids is 2. The van der Waals surface area contributed by atoms with Gasteiger partial charge in [-0.1, -0.05) is 25.1 Å². The molecule has 0 bridgehead atoms. The Hall–Kier alpha value is -3.30. The van der Waals surface area contributed by atoms with Crippen molar-refractivity contribution in [2.24, 2.45) is 0 Å². The molecule has 0 radical (unpaired) electrons. The molecule has 0 aliphatic carbocycles. The maximum Gasteiger partial charge on any atom is 0.207 e. The number of halogens is 2. The second-order valence-corrected chi connectivity index (χ2v) is 10.1. The molecule has 0 aliphatic rings. The number of ether oxygens (including phenoxy) is 2. The molecule has 4 aromatic rings. The van der Waals surface area contributed by atoms with Crippen molar-refractivity contribution in [3.63, 3.8) is 0 Å². The van der Waals surface area contributed by atoms with Gasteiger partial charge in [-0.3, -0.25) is 9.59 Å². The van der Waals surface area contributed by atoms with Crippen LogP contribution in [0.5, 0.6) is 11.5 Å². The fourth-order valence-corrected chi connectivity index (χ4v) is 5.37. The van der Waals surface area contributed by atoms with E-state index in [1.165, 1.54) is 23.0 Å². The largest absolute Gasteiger partial charge is 0.493 e. The minimum atomic E-state index is -0.285. The molecule has 0 unspecified atom stereocenters. The topological polar surface area (TPSA) is 77.5 Å². The summed E-state index contributed by atoms with van der Waals surface area (Å²) in [6, 6.07) is 14.4. The Balaban J connectivity index is 0.000000275. The van der Waals surface area contributed by atoms with E-state index < -0.39 is 0 Å². The third kappa shape index (κ3) is 6.27. The number of hydrogen-bond donors (Lipinski definition) is 1. The molecule has 2 heterocycles. The first-order chi connectivity index (χ1) is 17.3. The zero-order valence-corrected chi connectivity index (χ0v) is 22.8. The Kier molecular flexibility index (Phi) is 9.55. The molecule has 36 heavy (non-hydrogen) atoms. The summed E-state index contributed by atoms with van der Waals surface area (Å²) in [4.78, 5) is 27.1. The number of benzene rings is 2. The van der Waals surface area contributed by atoms with Crippen LogP contribution >= 0.6 is 27.3 Å². The van der Waals surface area contributed by atoms with Crippen LogP contribution in [0.4, 0.5) is 4.39 Å². The molecule has 4 rings (SSSR count). The Labute approximate surface area is 221 Å². The summed E-state index contributed by atoms with van der Waals surface area (Å²) in [5.41, 5.74) is 3.78. The van der Waals surface area contributed by atoms with Crippen molar-refractivity contribution in [1.82, 2.24) is 10.3 Å². The van der Waals surface area contributed by atoms with Gasteiger partial charge in [0.25, 0.3) is 0 Å². The summed E-state index contributed by atoms with van der Waals surface area (Å²) in [7, 11) is 3.27. The van der Waals surface area contributed by atoms with Crippen molar-refractivity contribution in [3.05, 3.63) is 75.0 Å². The first-order valence-electron chi connectivity index (χ1n) is 11.1. The Morgan fingerprint density at radius 1 is 1.14 bits per heavy atom. The first-order valence-corrected chi connectivity index (χ1v) is 12.7. The van der Waals surface area contributed by atoms with Crippen LogP contribution in [0.25, 0.3) is 21.3 Å². The summed E-state index contributed by atoms with van der Waals surface area (Å²) in [5, 5.41) is 3.11. The van der Waals surface area contributed by atoms with Crippen molar-refractivity contribution in [2.75, 3.05) is 20.8 Å². The van der Waals surface area contributed by atoms with Gasteiger partial charge < -0.3 is 14.8 Å². The van der Waals surface area contributed by atoms with Gasteiger partial charge in [-0.15, -0.1) is 11.3 Å². The van der Waals surface area contributed by atoms with Gasteiger partial charge in [-0.25, -0.2) is 9.37 Å². The SMILES string of the molecule is CCc1cc(C(=O)CNC=O)nc(-c2c(Br)sc3c(F)cccc23)c1.COc1ccc(C)cc1OC. The van der Waals surface area contributed by atoms with E-state index in [1.54, 1.807) is 26.4 Å². The molecule has 0 atom stereocenters. The van der Waals surface area contributed by atoms with Crippen LogP contribution in [0.2, 0.25) is 0 Å². The van der Waals surface area contributed by atoms with Gasteiger partial charge in [0, 0.05) is 10.9 Å². The number of nitrogens with zero attached hydrogens (tertiary/aromatic N) is 1. The number of fused-ring (bicyclic) bond motifs is 1. The van der Waals surface area contributed by atoms with Crippen molar-refractivity contribution in [1.29, 1.82) is 0 Å². The Morgan fingerprint density at radius 3 is 2.56 bits per heavy atom. The van der Waals surface area contributed by atoms with Crippen LogP contribution < -0.4 is 14.8 Å². The molecule has 9 heteroatoms. The molecule has 188 valence electrons. The molecular formula is C27H26BrFN2O4S. The lowest BCUT2D eigenvalue weighted by Crippen LogP contribution is -2.22. The van der Waals surface area contributed by atoms with Crippen molar-refractivity contribution >= 4 is 49.5 Å². The number of carbonyl (C=O) groups is 2. The Bertz CT molecular complexity index is 1390. The van der Waals surface area contributed by atoms with E-state index in [-0.39, 0.29) is 23.8 Å². The quantitative estimate of drug-likeness (QED) is 0.196. The maximum atomic E-state index is 14.1. The second kappa shape index (κ2) is 12.6. The number of hydrogen-bond acceptors (Lipinski definition) is 6. The number of methoxy groups -OCH3 is 2. The van der Waals surface area contributed by atoms with Crippen LogP contribution in [0.15, 0.2) is 52.3 Å². The number of ketones is 1. The van der Waals surface area contributed by atoms with E-state index in [2.05, 4.69) is 26.2 Å². The zero-order valence-electron chi connectivity index (χ0n) is 20.4. The van der Waals surface area contributed by atoms with Crippen LogP contribution in [0, 0.1) is 12.7 Å². The van der Waals surface area contributed by atoms with Crippen LogP contribution in [-0.4, -0.2) is 37.9 Å². The minimum absolute atomic E-state index is 0.108. The van der Waals surface area contributed by atoms with Gasteiger partial charge in [0.05, 0.1) is 34.9 Å². The van der Waals surface area contributed by atoms with Crippen LogP contribution in [0.1, 0.15) is 28.5 Å². The number of nitrogens with one attached hydrogen (secondary N) is 1. The van der Waals surface area contributed by atoms with Gasteiger partial charge in [0.15, 0.2) is 17.3 Å². The average molecular weight is 573 g/mol. The van der Waals surface area contributed by atoms with E-state index in [9.17, 15) is 14.0 Å². The van der Waals surface area contributed by atoms with Gasteiger partial charge >= 0.3 is 0 Å². The summed E-state index contributed by atoms with van der Waals surface area (Å²) in [6.07, 6.45) is 1.21. The fraction of sp³-hybridized carbons (Fsp3) is 0.222. The van der Waals surface area contributed by atoms with Crippen LogP contribution in [-0.2, 0) is 11.2 Å². The highest BCUT2D eigenvalue weighted by Gasteiger charge is 2.18. The smallest absolute Gasteiger partial charge is 0.207 e. The first kappa shape index (κ1) is 27.3. The average Bonchev–Trinajstić information content (AvgIpc) is 3.24. The van der Waals surface area contributed by atoms with E-state index in [1.807, 2.05) is 44.2 Å². The molecule has 0 fully saturated rings. The van der Waals surface area contributed by atoms with Gasteiger partial charge in [0.2, 0.25) is 6.41 Å². The van der Waals surface area contributed by atoms with Crippen LogP contribution in [0.3, 0.4) is 0 Å². The molecular weight excluding hydrogens is 547 g/mol. The lowest BCUT2D eigenvalue weighted by molar-refractivity contribution is -0.109. The summed E-state index contributed by atoms with van der Waals surface area (Å²) < 4.78 is 25.5.